The molecular weight excluding hydrogens is 422 g/mol. The highest BCUT2D eigenvalue weighted by Crippen LogP contribution is 2.24. The van der Waals surface area contributed by atoms with E-state index >= 15 is 0 Å². The molecule has 1 aromatic heterocycles. The number of rotatable bonds is 3. The number of carbonyl (C=O) groups excluding carboxylic acids is 2. The number of aromatic hydroxyl groups is 1. The number of nitrogens with zero attached hydrogens (tertiary/aromatic N) is 2. The maximum absolute atomic E-state index is 13.8. The number of fused-ring (bicyclic) bond motifs is 2. The van der Waals surface area contributed by atoms with Crippen molar-refractivity contribution < 1.29 is 23.5 Å². The monoisotopic (exact) mass is 446 g/mol. The first-order chi connectivity index (χ1) is 15.4. The Balaban J connectivity index is 1.60. The molecule has 2 aliphatic heterocycles. The lowest BCUT2D eigenvalue weighted by Gasteiger charge is -2.38. The summed E-state index contributed by atoms with van der Waals surface area (Å²) in [6.45, 7) is 1.23. The zero-order valence-corrected chi connectivity index (χ0v) is 17.4. The fourth-order valence-electron chi connectivity index (χ4n) is 4.14. The molecule has 0 aliphatic carbocycles. The minimum absolute atomic E-state index is 0.0441. The molecule has 3 heterocycles. The van der Waals surface area contributed by atoms with Gasteiger partial charge >= 0.3 is 0 Å². The molecule has 2 aliphatic rings. The molecule has 0 spiro atoms. The van der Waals surface area contributed by atoms with Gasteiger partial charge in [0.15, 0.2) is 11.4 Å². The number of halogens is 2. The second-order valence-electron chi connectivity index (χ2n) is 8.02. The predicted octanol–water partition coefficient (Wildman–Crippen LogP) is 1.71. The SMILES string of the molecule is O=C(NCc1ccc(F)cc1F)c1cn2c(c(O)c1=O)C(=O)N1CCCCCCN[C@@H]1C2. The van der Waals surface area contributed by atoms with Gasteiger partial charge in [0.1, 0.15) is 23.4 Å². The van der Waals surface area contributed by atoms with Crippen LogP contribution in [-0.2, 0) is 13.1 Å². The molecule has 0 saturated carbocycles. The first-order valence-electron chi connectivity index (χ1n) is 10.6. The van der Waals surface area contributed by atoms with Gasteiger partial charge in [-0.2, -0.15) is 0 Å². The van der Waals surface area contributed by atoms with Gasteiger partial charge in [-0.1, -0.05) is 18.9 Å². The minimum Gasteiger partial charge on any atom is -0.503 e. The van der Waals surface area contributed by atoms with Gasteiger partial charge in [0.05, 0.1) is 6.54 Å². The predicted molar refractivity (Wildman–Crippen MR) is 111 cm³/mol. The molecule has 0 bridgehead atoms. The van der Waals surface area contributed by atoms with Crippen molar-refractivity contribution in [3.63, 3.8) is 0 Å². The number of nitrogens with one attached hydrogen (secondary N) is 2. The lowest BCUT2D eigenvalue weighted by Crippen LogP contribution is -2.56. The molecule has 0 unspecified atom stereocenters. The molecule has 1 fully saturated rings. The van der Waals surface area contributed by atoms with Crippen LogP contribution in [0.5, 0.6) is 5.75 Å². The molecule has 1 saturated heterocycles. The van der Waals surface area contributed by atoms with Crippen molar-refractivity contribution in [1.82, 2.24) is 20.1 Å². The lowest BCUT2D eigenvalue weighted by molar-refractivity contribution is 0.0535. The highest BCUT2D eigenvalue weighted by atomic mass is 19.1. The van der Waals surface area contributed by atoms with E-state index in [1.165, 1.54) is 16.8 Å². The highest BCUT2D eigenvalue weighted by Gasteiger charge is 2.36. The number of benzene rings is 1. The van der Waals surface area contributed by atoms with E-state index in [-0.39, 0.29) is 36.1 Å². The van der Waals surface area contributed by atoms with Crippen molar-refractivity contribution in [3.05, 3.63) is 63.1 Å². The molecule has 3 N–H and O–H groups in total. The van der Waals surface area contributed by atoms with Crippen LogP contribution in [0.3, 0.4) is 0 Å². The number of hydrogen-bond acceptors (Lipinski definition) is 5. The van der Waals surface area contributed by atoms with E-state index in [0.717, 1.165) is 38.3 Å². The fraction of sp³-hybridized carbons (Fsp3) is 0.409. The molecule has 32 heavy (non-hydrogen) atoms. The van der Waals surface area contributed by atoms with Crippen molar-refractivity contribution in [1.29, 1.82) is 0 Å². The van der Waals surface area contributed by atoms with E-state index in [0.29, 0.717) is 12.6 Å². The Kier molecular flexibility index (Phi) is 6.22. The van der Waals surface area contributed by atoms with Crippen LogP contribution in [0.1, 0.15) is 52.1 Å². The van der Waals surface area contributed by atoms with Crippen molar-refractivity contribution >= 4 is 11.8 Å². The third kappa shape index (κ3) is 4.22. The third-order valence-corrected chi connectivity index (χ3v) is 5.87. The molecule has 170 valence electrons. The number of pyridine rings is 1. The van der Waals surface area contributed by atoms with Crippen molar-refractivity contribution in [2.45, 2.75) is 44.9 Å². The molecule has 0 radical (unpaired) electrons. The summed E-state index contributed by atoms with van der Waals surface area (Å²) in [6.07, 6.45) is 4.78. The van der Waals surface area contributed by atoms with Gasteiger partial charge in [0, 0.05) is 30.9 Å². The summed E-state index contributed by atoms with van der Waals surface area (Å²) < 4.78 is 28.3. The summed E-state index contributed by atoms with van der Waals surface area (Å²) in [4.78, 5) is 40.0. The molecule has 1 atom stereocenters. The van der Waals surface area contributed by atoms with Gasteiger partial charge in [0.2, 0.25) is 5.43 Å². The summed E-state index contributed by atoms with van der Waals surface area (Å²) in [5.41, 5.74) is -1.44. The fourth-order valence-corrected chi connectivity index (χ4v) is 4.14. The molecule has 10 heteroatoms. The second kappa shape index (κ2) is 9.07. The van der Waals surface area contributed by atoms with Crippen LogP contribution in [0.25, 0.3) is 0 Å². The van der Waals surface area contributed by atoms with Gasteiger partial charge in [-0.15, -0.1) is 0 Å². The molecule has 2 aromatic rings. The van der Waals surface area contributed by atoms with E-state index in [9.17, 15) is 28.3 Å². The van der Waals surface area contributed by atoms with Crippen LogP contribution in [0.4, 0.5) is 8.78 Å². The Bertz CT molecular complexity index is 1120. The van der Waals surface area contributed by atoms with Crippen LogP contribution >= 0.6 is 0 Å². The van der Waals surface area contributed by atoms with Crippen LogP contribution in [-0.4, -0.2) is 45.6 Å². The topological polar surface area (TPSA) is 104 Å². The maximum Gasteiger partial charge on any atom is 0.275 e. The van der Waals surface area contributed by atoms with Crippen molar-refractivity contribution in [2.75, 3.05) is 13.1 Å². The molecule has 2 amide bonds. The van der Waals surface area contributed by atoms with Crippen LogP contribution in [0.2, 0.25) is 0 Å². The van der Waals surface area contributed by atoms with E-state index < -0.39 is 34.6 Å². The Morgan fingerprint density at radius 1 is 1.19 bits per heavy atom. The highest BCUT2D eigenvalue weighted by molar-refractivity contribution is 5.99. The minimum atomic E-state index is -0.975. The van der Waals surface area contributed by atoms with Crippen LogP contribution < -0.4 is 16.1 Å². The van der Waals surface area contributed by atoms with Gasteiger partial charge in [-0.25, -0.2) is 8.78 Å². The van der Waals surface area contributed by atoms with Crippen LogP contribution in [0, 0.1) is 11.6 Å². The first kappa shape index (κ1) is 21.9. The average molecular weight is 446 g/mol. The van der Waals surface area contributed by atoms with Crippen molar-refractivity contribution in [3.8, 4) is 5.75 Å². The second-order valence-corrected chi connectivity index (χ2v) is 8.02. The number of aromatic nitrogens is 1. The lowest BCUT2D eigenvalue weighted by atomic mass is 10.1. The Labute approximate surface area is 182 Å². The summed E-state index contributed by atoms with van der Waals surface area (Å²) >= 11 is 0. The average Bonchev–Trinajstić information content (AvgIpc) is 2.87. The van der Waals surface area contributed by atoms with Gasteiger partial charge in [-0.05, 0) is 25.5 Å². The van der Waals surface area contributed by atoms with Crippen LogP contribution in [0.15, 0.2) is 29.2 Å². The number of carbonyl (C=O) groups is 2. The van der Waals surface area contributed by atoms with Gasteiger partial charge in [-0.3, -0.25) is 19.7 Å². The van der Waals surface area contributed by atoms with E-state index in [1.807, 2.05) is 0 Å². The number of amides is 2. The first-order valence-corrected chi connectivity index (χ1v) is 10.6. The van der Waals surface area contributed by atoms with Gasteiger partial charge < -0.3 is 19.9 Å². The Hall–Kier alpha value is -3.27. The zero-order chi connectivity index (χ0) is 22.8. The smallest absolute Gasteiger partial charge is 0.275 e. The largest absolute Gasteiger partial charge is 0.503 e. The van der Waals surface area contributed by atoms with Gasteiger partial charge in [0.25, 0.3) is 11.8 Å². The van der Waals surface area contributed by atoms with E-state index in [2.05, 4.69) is 10.6 Å². The molecular formula is C22H24F2N4O4. The molecule has 8 nitrogen and oxygen atoms in total. The molecule has 1 aromatic carbocycles. The summed E-state index contributed by atoms with van der Waals surface area (Å²) in [6, 6.07) is 2.95. The van der Waals surface area contributed by atoms with Crippen molar-refractivity contribution in [2.24, 2.45) is 0 Å². The normalized spacial score (nSPS) is 18.8. The quantitative estimate of drug-likeness (QED) is 0.666. The summed E-state index contributed by atoms with van der Waals surface area (Å²) in [5.74, 6) is -3.65. The Morgan fingerprint density at radius 2 is 1.97 bits per heavy atom. The Morgan fingerprint density at radius 3 is 2.75 bits per heavy atom. The third-order valence-electron chi connectivity index (χ3n) is 5.87. The van der Waals surface area contributed by atoms with E-state index in [4.69, 9.17) is 0 Å². The summed E-state index contributed by atoms with van der Waals surface area (Å²) in [7, 11) is 0. The summed E-state index contributed by atoms with van der Waals surface area (Å²) in [5, 5.41) is 16.2. The zero-order valence-electron chi connectivity index (χ0n) is 17.4. The number of hydrogen-bond donors (Lipinski definition) is 3. The molecule has 4 rings (SSSR count). The van der Waals surface area contributed by atoms with E-state index in [1.54, 1.807) is 4.90 Å². The standard InChI is InChI=1S/C22H24F2N4O4/c23-14-6-5-13(16(24)9-14)10-26-21(31)15-11-27-12-17-25-7-3-1-2-4-8-28(17)22(32)18(27)20(30)19(15)29/h5-6,9,11,17,25,30H,1-4,7-8,10,12H2,(H,26,31)/t17-/m0/s1. The maximum atomic E-state index is 13.8.